The molecule has 16 heavy (non-hydrogen) atoms. The molecular formula is C7H3Cl3F2O3S. The monoisotopic (exact) mass is 310 g/mol. The predicted molar refractivity (Wildman–Crippen MR) is 56.1 cm³/mol. The van der Waals surface area contributed by atoms with E-state index in [9.17, 15) is 17.2 Å². The molecule has 0 unspecified atom stereocenters. The van der Waals surface area contributed by atoms with Crippen molar-refractivity contribution in [3.05, 3.63) is 22.2 Å². The molecule has 0 N–H and O–H groups in total. The molecule has 0 amide bonds. The fraction of sp³-hybridized carbons (Fsp3) is 0.143. The van der Waals surface area contributed by atoms with Crippen molar-refractivity contribution in [2.75, 3.05) is 0 Å². The van der Waals surface area contributed by atoms with Gasteiger partial charge >= 0.3 is 6.61 Å². The second-order valence-corrected chi connectivity index (χ2v) is 5.85. The molecule has 0 spiro atoms. The number of hydrogen-bond acceptors (Lipinski definition) is 3. The van der Waals surface area contributed by atoms with Crippen LogP contribution in [0.4, 0.5) is 8.78 Å². The third-order valence-corrected chi connectivity index (χ3v) is 3.65. The van der Waals surface area contributed by atoms with Crippen LogP contribution in [0.25, 0.3) is 0 Å². The van der Waals surface area contributed by atoms with Gasteiger partial charge < -0.3 is 4.74 Å². The van der Waals surface area contributed by atoms with Gasteiger partial charge in [0, 0.05) is 22.8 Å². The van der Waals surface area contributed by atoms with Crippen LogP contribution in [0.5, 0.6) is 5.75 Å². The highest BCUT2D eigenvalue weighted by molar-refractivity contribution is 8.14. The van der Waals surface area contributed by atoms with Gasteiger partial charge in [0.05, 0.1) is 10.0 Å². The summed E-state index contributed by atoms with van der Waals surface area (Å²) in [5, 5.41) is -0.781. The van der Waals surface area contributed by atoms with Crippen LogP contribution in [0.1, 0.15) is 0 Å². The summed E-state index contributed by atoms with van der Waals surface area (Å²) in [7, 11) is 0.897. The molecule has 1 aromatic rings. The van der Waals surface area contributed by atoms with Crippen LogP contribution in [0.2, 0.25) is 10.0 Å². The molecule has 1 rings (SSSR count). The van der Waals surface area contributed by atoms with Gasteiger partial charge in [0.2, 0.25) is 0 Å². The molecule has 0 saturated carbocycles. The molecule has 0 atom stereocenters. The standard InChI is InChI=1S/C7H3Cl3F2O3S/c8-4-1-3(15-7(11)12)2-5(9)6(4)16(10,13)14/h1-2,7H. The summed E-state index contributed by atoms with van der Waals surface area (Å²) in [6.07, 6.45) is 0. The van der Waals surface area contributed by atoms with Crippen LogP contribution in [0.15, 0.2) is 17.0 Å². The topological polar surface area (TPSA) is 43.4 Å². The van der Waals surface area contributed by atoms with Crippen LogP contribution in [-0.2, 0) is 9.05 Å². The molecule has 0 bridgehead atoms. The number of alkyl halides is 2. The molecule has 0 aliphatic rings. The third-order valence-electron chi connectivity index (χ3n) is 1.44. The van der Waals surface area contributed by atoms with E-state index in [1.807, 2.05) is 0 Å². The maximum atomic E-state index is 11.9. The average Bonchev–Trinajstić information content (AvgIpc) is 1.96. The fourth-order valence-electron chi connectivity index (χ4n) is 0.940. The first kappa shape index (κ1) is 13.8. The van der Waals surface area contributed by atoms with E-state index >= 15 is 0 Å². The Bertz CT molecular complexity index is 481. The van der Waals surface area contributed by atoms with Gasteiger partial charge in [0.25, 0.3) is 9.05 Å². The lowest BCUT2D eigenvalue weighted by atomic mass is 10.3. The van der Waals surface area contributed by atoms with E-state index in [-0.39, 0.29) is 5.75 Å². The zero-order valence-corrected chi connectivity index (χ0v) is 10.3. The van der Waals surface area contributed by atoms with Gasteiger partial charge in [-0.15, -0.1) is 0 Å². The van der Waals surface area contributed by atoms with E-state index < -0.39 is 30.6 Å². The largest absolute Gasteiger partial charge is 0.435 e. The van der Waals surface area contributed by atoms with Crippen LogP contribution >= 0.6 is 33.9 Å². The Kier molecular flexibility index (Phi) is 4.23. The Morgan fingerprint density at radius 1 is 1.19 bits per heavy atom. The maximum absolute atomic E-state index is 11.9. The molecule has 1 aromatic carbocycles. The van der Waals surface area contributed by atoms with Crippen LogP contribution < -0.4 is 4.74 Å². The van der Waals surface area contributed by atoms with Gasteiger partial charge in [-0.3, -0.25) is 0 Å². The van der Waals surface area contributed by atoms with Gasteiger partial charge in [-0.2, -0.15) is 8.78 Å². The second-order valence-electron chi connectivity index (χ2n) is 2.53. The number of rotatable bonds is 3. The first-order valence-electron chi connectivity index (χ1n) is 3.60. The van der Waals surface area contributed by atoms with E-state index in [0.717, 1.165) is 12.1 Å². The zero-order chi connectivity index (χ0) is 12.5. The van der Waals surface area contributed by atoms with Crippen molar-refractivity contribution in [1.82, 2.24) is 0 Å². The van der Waals surface area contributed by atoms with E-state index in [0.29, 0.717) is 0 Å². The summed E-state index contributed by atoms with van der Waals surface area (Å²) in [5.41, 5.74) is 0. The van der Waals surface area contributed by atoms with E-state index in [2.05, 4.69) is 4.74 Å². The molecule has 0 aliphatic carbocycles. The Morgan fingerprint density at radius 3 is 1.94 bits per heavy atom. The minimum atomic E-state index is -4.14. The molecule has 90 valence electrons. The number of hydrogen-bond donors (Lipinski definition) is 0. The minimum Gasteiger partial charge on any atom is -0.435 e. The first-order valence-corrected chi connectivity index (χ1v) is 6.67. The normalized spacial score (nSPS) is 11.9. The van der Waals surface area contributed by atoms with Crippen molar-refractivity contribution in [1.29, 1.82) is 0 Å². The Balaban J connectivity index is 3.29. The summed E-state index contributed by atoms with van der Waals surface area (Å²) in [5.74, 6) is -0.353. The lowest BCUT2D eigenvalue weighted by Crippen LogP contribution is -2.03. The molecular weight excluding hydrogens is 308 g/mol. The first-order chi connectivity index (χ1) is 7.21. The predicted octanol–water partition coefficient (Wildman–Crippen LogP) is 3.52. The van der Waals surface area contributed by atoms with Crippen molar-refractivity contribution < 1.29 is 21.9 Å². The van der Waals surface area contributed by atoms with Crippen molar-refractivity contribution in [2.24, 2.45) is 0 Å². The molecule has 0 aromatic heterocycles. The van der Waals surface area contributed by atoms with E-state index in [1.165, 1.54) is 0 Å². The van der Waals surface area contributed by atoms with Gasteiger partial charge in [-0.25, -0.2) is 8.42 Å². The highest BCUT2D eigenvalue weighted by Crippen LogP contribution is 2.36. The number of benzene rings is 1. The lowest BCUT2D eigenvalue weighted by Gasteiger charge is -2.08. The summed E-state index contributed by atoms with van der Waals surface area (Å²) < 4.78 is 49.8. The average molecular weight is 312 g/mol. The van der Waals surface area contributed by atoms with Gasteiger partial charge in [-0.1, -0.05) is 23.2 Å². The van der Waals surface area contributed by atoms with Crippen LogP contribution in [-0.4, -0.2) is 15.0 Å². The van der Waals surface area contributed by atoms with Gasteiger partial charge in [0.15, 0.2) is 0 Å². The van der Waals surface area contributed by atoms with Gasteiger partial charge in [0.1, 0.15) is 10.6 Å². The van der Waals surface area contributed by atoms with Crippen molar-refractivity contribution in [3.63, 3.8) is 0 Å². The lowest BCUT2D eigenvalue weighted by molar-refractivity contribution is -0.0498. The summed E-state index contributed by atoms with van der Waals surface area (Å²) in [4.78, 5) is -0.542. The van der Waals surface area contributed by atoms with E-state index in [4.69, 9.17) is 33.9 Å². The summed E-state index contributed by atoms with van der Waals surface area (Å²) in [6, 6.07) is 1.77. The quantitative estimate of drug-likeness (QED) is 0.802. The second kappa shape index (κ2) is 4.91. The highest BCUT2D eigenvalue weighted by atomic mass is 35.7. The van der Waals surface area contributed by atoms with Gasteiger partial charge in [-0.05, 0) is 0 Å². The summed E-state index contributed by atoms with van der Waals surface area (Å²) in [6.45, 7) is -3.06. The van der Waals surface area contributed by atoms with Crippen LogP contribution in [0.3, 0.4) is 0 Å². The Morgan fingerprint density at radius 2 is 1.62 bits per heavy atom. The molecule has 0 aliphatic heterocycles. The Hall–Kier alpha value is -0.300. The molecule has 0 saturated heterocycles. The zero-order valence-electron chi connectivity index (χ0n) is 7.25. The summed E-state index contributed by atoms with van der Waals surface area (Å²) >= 11 is 11.1. The van der Waals surface area contributed by atoms with Crippen molar-refractivity contribution in [2.45, 2.75) is 11.5 Å². The van der Waals surface area contributed by atoms with Crippen molar-refractivity contribution in [3.8, 4) is 5.75 Å². The molecule has 0 heterocycles. The third kappa shape index (κ3) is 3.35. The Labute approximate surface area is 104 Å². The maximum Gasteiger partial charge on any atom is 0.387 e. The highest BCUT2D eigenvalue weighted by Gasteiger charge is 2.21. The minimum absolute atomic E-state index is 0.353. The van der Waals surface area contributed by atoms with Crippen molar-refractivity contribution >= 4 is 42.9 Å². The molecule has 3 nitrogen and oxygen atoms in total. The fourth-order valence-corrected chi connectivity index (χ4v) is 3.34. The smallest absolute Gasteiger partial charge is 0.387 e. The molecule has 0 radical (unpaired) electrons. The molecule has 0 fully saturated rings. The number of ether oxygens (including phenoxy) is 1. The molecule has 9 heteroatoms. The van der Waals surface area contributed by atoms with E-state index in [1.54, 1.807) is 0 Å². The number of halogens is 5. The van der Waals surface area contributed by atoms with Crippen LogP contribution in [0, 0.1) is 0 Å². The SMILES string of the molecule is O=S(=O)(Cl)c1c(Cl)cc(OC(F)F)cc1Cl.